The van der Waals surface area contributed by atoms with Crippen molar-refractivity contribution in [3.63, 3.8) is 0 Å². The first-order chi connectivity index (χ1) is 13.8. The molecule has 4 rings (SSSR count). The molecular formula is C22H30F2N2O2. The zero-order chi connectivity index (χ0) is 20.2. The summed E-state index contributed by atoms with van der Waals surface area (Å²) in [5.74, 6) is -0.0614. The highest BCUT2D eigenvalue weighted by molar-refractivity contribution is 5.17. The molecule has 4 heterocycles. The molecule has 0 spiro atoms. The highest BCUT2D eigenvalue weighted by Gasteiger charge is 2.20. The molecule has 2 aliphatic heterocycles. The van der Waals surface area contributed by atoms with Crippen molar-refractivity contribution >= 4 is 0 Å². The molecule has 0 amide bonds. The van der Waals surface area contributed by atoms with Gasteiger partial charge in [-0.05, 0) is 49.7 Å². The monoisotopic (exact) mass is 392 g/mol. The van der Waals surface area contributed by atoms with Crippen molar-refractivity contribution in [3.05, 3.63) is 59.7 Å². The van der Waals surface area contributed by atoms with E-state index in [1.54, 1.807) is 12.1 Å². The second kappa shape index (κ2) is 12.5. The molecule has 154 valence electrons. The van der Waals surface area contributed by atoms with Gasteiger partial charge in [-0.2, -0.15) is 8.78 Å². The molecule has 4 nitrogen and oxygen atoms in total. The topological polar surface area (TPSA) is 44.2 Å². The Morgan fingerprint density at radius 3 is 1.39 bits per heavy atom. The quantitative estimate of drug-likeness (QED) is 0.654. The van der Waals surface area contributed by atoms with E-state index >= 15 is 0 Å². The second-order valence-electron chi connectivity index (χ2n) is 6.54. The number of pyridine rings is 2. The lowest BCUT2D eigenvalue weighted by molar-refractivity contribution is 0.0843. The third kappa shape index (κ3) is 6.60. The van der Waals surface area contributed by atoms with E-state index in [0.717, 1.165) is 63.2 Å². The minimum Gasteiger partial charge on any atom is -0.381 e. The van der Waals surface area contributed by atoms with Crippen molar-refractivity contribution in [2.75, 3.05) is 26.4 Å². The summed E-state index contributed by atoms with van der Waals surface area (Å²) in [6.45, 7) is 6.94. The van der Waals surface area contributed by atoms with Crippen LogP contribution in [0.1, 0.15) is 62.5 Å². The van der Waals surface area contributed by atoms with Gasteiger partial charge in [-0.15, -0.1) is 0 Å². The maximum atomic E-state index is 13.2. The van der Waals surface area contributed by atoms with E-state index in [0.29, 0.717) is 11.8 Å². The number of hydrogen-bond acceptors (Lipinski definition) is 4. The van der Waals surface area contributed by atoms with Crippen LogP contribution in [-0.4, -0.2) is 36.4 Å². The smallest absolute Gasteiger partial charge is 0.216 e. The van der Waals surface area contributed by atoms with Gasteiger partial charge in [0, 0.05) is 49.9 Å². The first-order valence-corrected chi connectivity index (χ1v) is 10.1. The predicted molar refractivity (Wildman–Crippen MR) is 105 cm³/mol. The molecule has 0 aromatic carbocycles. The van der Waals surface area contributed by atoms with E-state index in [1.807, 2.05) is 26.0 Å². The first-order valence-electron chi connectivity index (χ1n) is 10.1. The first kappa shape index (κ1) is 22.4. The molecule has 0 radical (unpaired) electrons. The van der Waals surface area contributed by atoms with Gasteiger partial charge in [-0.1, -0.05) is 26.0 Å². The summed E-state index contributed by atoms with van der Waals surface area (Å²) < 4.78 is 36.9. The van der Waals surface area contributed by atoms with Gasteiger partial charge in [0.2, 0.25) is 11.9 Å². The lowest BCUT2D eigenvalue weighted by Gasteiger charge is -2.22. The van der Waals surface area contributed by atoms with E-state index in [4.69, 9.17) is 9.47 Å². The van der Waals surface area contributed by atoms with Gasteiger partial charge in [0.15, 0.2) is 0 Å². The van der Waals surface area contributed by atoms with E-state index < -0.39 is 0 Å². The minimum atomic E-state index is -0.325. The Kier molecular flexibility index (Phi) is 10.0. The van der Waals surface area contributed by atoms with E-state index in [2.05, 4.69) is 9.97 Å². The summed E-state index contributed by atoms with van der Waals surface area (Å²) in [5.41, 5.74) is 1.48. The lowest BCUT2D eigenvalue weighted by Crippen LogP contribution is -2.15. The number of halogens is 2. The number of hydrogen-bond donors (Lipinski definition) is 0. The molecule has 0 unspecified atom stereocenters. The van der Waals surface area contributed by atoms with E-state index in [9.17, 15) is 8.78 Å². The van der Waals surface area contributed by atoms with E-state index in [1.165, 1.54) is 12.4 Å². The van der Waals surface area contributed by atoms with Crippen molar-refractivity contribution in [1.82, 2.24) is 9.97 Å². The highest BCUT2D eigenvalue weighted by atomic mass is 19.1. The molecule has 0 atom stereocenters. The van der Waals surface area contributed by atoms with Crippen LogP contribution in [0.4, 0.5) is 8.78 Å². The molecule has 0 N–H and O–H groups in total. The number of rotatable bonds is 2. The van der Waals surface area contributed by atoms with Crippen LogP contribution in [0.5, 0.6) is 0 Å². The van der Waals surface area contributed by atoms with Crippen LogP contribution in [0.2, 0.25) is 0 Å². The van der Waals surface area contributed by atoms with Crippen molar-refractivity contribution < 1.29 is 18.3 Å². The standard InChI is InChI=1S/2C10H12FNO.C2H6/c2*11-10-9(2-1-5-12-10)8-3-6-13-7-4-8;1-2/h2*1-2,5,8H,3-4,6-7H2;1-2H3. The van der Waals surface area contributed by atoms with Crippen molar-refractivity contribution in [2.24, 2.45) is 0 Å². The molecule has 2 aromatic rings. The molecule has 6 heteroatoms. The lowest BCUT2D eigenvalue weighted by atomic mass is 9.93. The molecule has 0 bridgehead atoms. The SMILES string of the molecule is CC.Fc1ncccc1C1CCOCC1.Fc1ncccc1C1CCOCC1. The van der Waals surface area contributed by atoms with Gasteiger partial charge in [0.1, 0.15) is 0 Å². The average Bonchev–Trinajstić information content (AvgIpc) is 2.77. The Morgan fingerprint density at radius 2 is 1.07 bits per heavy atom. The Bertz CT molecular complexity index is 628. The van der Waals surface area contributed by atoms with E-state index in [-0.39, 0.29) is 11.9 Å². The maximum Gasteiger partial charge on any atom is 0.216 e. The van der Waals surface area contributed by atoms with Crippen LogP contribution in [0.15, 0.2) is 36.7 Å². The zero-order valence-electron chi connectivity index (χ0n) is 16.7. The largest absolute Gasteiger partial charge is 0.381 e. The van der Waals surface area contributed by atoms with Crippen LogP contribution in [0, 0.1) is 11.9 Å². The van der Waals surface area contributed by atoms with Crippen molar-refractivity contribution in [2.45, 2.75) is 51.4 Å². The fourth-order valence-corrected chi connectivity index (χ4v) is 3.42. The predicted octanol–water partition coefficient (Wildman–Crippen LogP) is 5.26. The van der Waals surface area contributed by atoms with Crippen LogP contribution >= 0.6 is 0 Å². The summed E-state index contributed by atoms with van der Waals surface area (Å²) in [5, 5.41) is 0. The Balaban J connectivity index is 0.000000184. The molecular weight excluding hydrogens is 362 g/mol. The normalized spacial score (nSPS) is 17.7. The van der Waals surface area contributed by atoms with Gasteiger partial charge in [0.25, 0.3) is 0 Å². The number of aromatic nitrogens is 2. The van der Waals surface area contributed by atoms with Gasteiger partial charge in [-0.3, -0.25) is 0 Å². The number of ether oxygens (including phenoxy) is 2. The Hall–Kier alpha value is -1.92. The summed E-state index contributed by atoms with van der Waals surface area (Å²) in [6.07, 6.45) is 6.59. The molecule has 2 aliphatic rings. The summed E-state index contributed by atoms with van der Waals surface area (Å²) in [6, 6.07) is 7.21. The average molecular weight is 392 g/mol. The molecule has 2 saturated heterocycles. The minimum absolute atomic E-state index is 0.294. The molecule has 0 aliphatic carbocycles. The maximum absolute atomic E-state index is 13.2. The Morgan fingerprint density at radius 1 is 0.714 bits per heavy atom. The van der Waals surface area contributed by atoms with Gasteiger partial charge < -0.3 is 9.47 Å². The molecule has 2 fully saturated rings. The van der Waals surface area contributed by atoms with Gasteiger partial charge in [-0.25, -0.2) is 9.97 Å². The Labute approximate surface area is 166 Å². The highest BCUT2D eigenvalue weighted by Crippen LogP contribution is 2.28. The van der Waals surface area contributed by atoms with Gasteiger partial charge >= 0.3 is 0 Å². The summed E-state index contributed by atoms with van der Waals surface area (Å²) in [7, 11) is 0. The van der Waals surface area contributed by atoms with Crippen LogP contribution < -0.4 is 0 Å². The van der Waals surface area contributed by atoms with Crippen molar-refractivity contribution in [3.8, 4) is 0 Å². The zero-order valence-corrected chi connectivity index (χ0v) is 16.7. The molecule has 28 heavy (non-hydrogen) atoms. The fraction of sp³-hybridized carbons (Fsp3) is 0.545. The molecule has 2 aromatic heterocycles. The third-order valence-corrected chi connectivity index (χ3v) is 4.90. The van der Waals surface area contributed by atoms with Crippen LogP contribution in [-0.2, 0) is 9.47 Å². The van der Waals surface area contributed by atoms with Gasteiger partial charge in [0.05, 0.1) is 0 Å². The third-order valence-electron chi connectivity index (χ3n) is 4.90. The van der Waals surface area contributed by atoms with Crippen LogP contribution in [0.25, 0.3) is 0 Å². The summed E-state index contributed by atoms with van der Waals surface area (Å²) in [4.78, 5) is 7.29. The summed E-state index contributed by atoms with van der Waals surface area (Å²) >= 11 is 0. The number of nitrogens with zero attached hydrogens (tertiary/aromatic N) is 2. The fourth-order valence-electron chi connectivity index (χ4n) is 3.42. The van der Waals surface area contributed by atoms with Crippen LogP contribution in [0.3, 0.4) is 0 Å². The second-order valence-corrected chi connectivity index (χ2v) is 6.54. The van der Waals surface area contributed by atoms with Crippen molar-refractivity contribution in [1.29, 1.82) is 0 Å². The molecule has 0 saturated carbocycles.